The van der Waals surface area contributed by atoms with Gasteiger partial charge >= 0.3 is 0 Å². The van der Waals surface area contributed by atoms with Gasteiger partial charge in [-0.25, -0.2) is 0 Å². The zero-order valence-corrected chi connectivity index (χ0v) is 46.6. The van der Waals surface area contributed by atoms with Crippen molar-refractivity contribution >= 4 is 46.1 Å². The van der Waals surface area contributed by atoms with Gasteiger partial charge in [0.25, 0.3) is 11.8 Å². The number of amides is 5. The van der Waals surface area contributed by atoms with Crippen molar-refractivity contribution in [1.29, 1.82) is 0 Å². The highest BCUT2D eigenvalue weighted by Crippen LogP contribution is 2.35. The quantitative estimate of drug-likeness (QED) is 0.0708. The van der Waals surface area contributed by atoms with E-state index in [2.05, 4.69) is 40.2 Å². The molecule has 13 nitrogen and oxygen atoms in total. The zero-order chi connectivity index (χ0) is 54.3. The van der Waals surface area contributed by atoms with Crippen LogP contribution in [0.25, 0.3) is 10.8 Å². The molecule has 4 aromatic rings. The number of nitrogens with one attached hydrogen (secondary N) is 3. The number of piperazine rings is 2. The van der Waals surface area contributed by atoms with E-state index in [0.717, 1.165) is 86.1 Å². The van der Waals surface area contributed by atoms with Crippen LogP contribution in [0.3, 0.4) is 0 Å². The maximum atomic E-state index is 15.0. The average molecular weight is 1050 g/mol. The Labute approximate surface area is 458 Å². The summed E-state index contributed by atoms with van der Waals surface area (Å²) in [7, 11) is 0. The van der Waals surface area contributed by atoms with Crippen LogP contribution in [-0.4, -0.2) is 138 Å². The molecule has 4 fully saturated rings. The number of ketones is 1. The molecule has 13 heteroatoms. The molecule has 0 bridgehead atoms. The van der Waals surface area contributed by atoms with Gasteiger partial charge in [0.2, 0.25) is 17.7 Å². The SMILES string of the molecule is CC[C@@H](C)C(=O)N[C@H](C(=O)N1CCNC[C@H]1CN(CCc1ccccc1)C(=O)c1ccc2cc(C(=O)N(CCc3ccccc3)C[C@@H]3CNCCN3C(=O)[C@@H](CC(=O)C(C)C)C3CCCCC3)ccc2c1)C1CCCCC1. The minimum absolute atomic E-state index is 0.0505. The second-order valence-electron chi connectivity index (χ2n) is 23.1. The van der Waals surface area contributed by atoms with E-state index in [0.29, 0.717) is 95.8 Å². The summed E-state index contributed by atoms with van der Waals surface area (Å²) in [6.07, 6.45) is 12.5. The Bertz CT molecular complexity index is 2600. The van der Waals surface area contributed by atoms with Gasteiger partial charge < -0.3 is 35.6 Å². The molecule has 5 amide bonds. The first-order valence-corrected chi connectivity index (χ1v) is 29.4. The van der Waals surface area contributed by atoms with E-state index in [9.17, 15) is 28.8 Å². The highest BCUT2D eigenvalue weighted by molar-refractivity contribution is 6.02. The van der Waals surface area contributed by atoms with Gasteiger partial charge in [-0.2, -0.15) is 0 Å². The molecule has 2 aliphatic carbocycles. The Morgan fingerprint density at radius 3 is 1.53 bits per heavy atom. The molecule has 4 aliphatic rings. The molecule has 2 saturated heterocycles. The van der Waals surface area contributed by atoms with E-state index < -0.39 is 6.04 Å². The van der Waals surface area contributed by atoms with Crippen LogP contribution < -0.4 is 16.0 Å². The smallest absolute Gasteiger partial charge is 0.253 e. The Morgan fingerprint density at radius 2 is 1.06 bits per heavy atom. The standard InChI is InChI=1S/C64H87N7O6/c1-5-46(4)60(73)67-59(50-24-16-9-17-25-50)64(77)71-37-33-66-42-56(71)44-69(35-31-48-20-12-7-13-21-48)62(75)54-29-27-51-38-53(28-26-52(51)39-54)61(74)68(34-30-47-18-10-6-11-19-47)43-55-41-65-32-36-70(55)63(76)57(40-58(72)45(2)3)49-22-14-8-15-23-49/h6-7,10-13,18-21,26-29,38-39,45-46,49-50,55-57,59,65-66H,5,8-9,14-17,22-25,30-37,40-44H2,1-4H3,(H,67,73)/t46-,55+,56+,57+,59+/m1/s1. The fraction of sp³-hybridized carbons (Fsp3) is 0.562. The summed E-state index contributed by atoms with van der Waals surface area (Å²) in [4.78, 5) is 93.9. The molecule has 2 heterocycles. The van der Waals surface area contributed by atoms with Crippen LogP contribution in [-0.2, 0) is 32.0 Å². The predicted octanol–water partition coefficient (Wildman–Crippen LogP) is 8.73. The molecular formula is C64H87N7O6. The van der Waals surface area contributed by atoms with Crippen molar-refractivity contribution in [2.75, 3.05) is 65.4 Å². The summed E-state index contributed by atoms with van der Waals surface area (Å²) in [5, 5.41) is 11.9. The summed E-state index contributed by atoms with van der Waals surface area (Å²) >= 11 is 0. The molecule has 414 valence electrons. The summed E-state index contributed by atoms with van der Waals surface area (Å²) in [6, 6.07) is 30.5. The van der Waals surface area contributed by atoms with Crippen LogP contribution in [0.4, 0.5) is 0 Å². The molecule has 2 saturated carbocycles. The maximum Gasteiger partial charge on any atom is 0.253 e. The van der Waals surface area contributed by atoms with Crippen molar-refractivity contribution in [3.63, 3.8) is 0 Å². The minimum atomic E-state index is -0.599. The lowest BCUT2D eigenvalue weighted by molar-refractivity contribution is -0.144. The molecule has 77 heavy (non-hydrogen) atoms. The summed E-state index contributed by atoms with van der Waals surface area (Å²) in [6.45, 7) is 12.7. The first kappa shape index (κ1) is 57.3. The molecule has 3 N–H and O–H groups in total. The van der Waals surface area contributed by atoms with E-state index >= 15 is 0 Å². The van der Waals surface area contributed by atoms with Crippen molar-refractivity contribution in [3.05, 3.63) is 119 Å². The van der Waals surface area contributed by atoms with Crippen molar-refractivity contribution in [3.8, 4) is 0 Å². The van der Waals surface area contributed by atoms with E-state index in [-0.39, 0.29) is 83.4 Å². The topological polar surface area (TPSA) is 151 Å². The fourth-order valence-electron chi connectivity index (χ4n) is 12.3. The fourth-order valence-corrected chi connectivity index (χ4v) is 12.3. The lowest BCUT2D eigenvalue weighted by Crippen LogP contribution is -2.63. The minimum Gasteiger partial charge on any atom is -0.344 e. The van der Waals surface area contributed by atoms with Gasteiger partial charge in [0.05, 0.1) is 12.1 Å². The Morgan fingerprint density at radius 1 is 0.597 bits per heavy atom. The molecule has 0 spiro atoms. The van der Waals surface area contributed by atoms with E-state index in [1.54, 1.807) is 0 Å². The molecular weight excluding hydrogens is 963 g/mol. The Hall–Kier alpha value is -5.92. The third kappa shape index (κ3) is 15.2. The summed E-state index contributed by atoms with van der Waals surface area (Å²) in [5.74, 6) is -0.633. The average Bonchev–Trinajstić information content (AvgIpc) is 3.48. The number of hydrogen-bond donors (Lipinski definition) is 3. The molecule has 2 aliphatic heterocycles. The first-order chi connectivity index (χ1) is 37.4. The van der Waals surface area contributed by atoms with Gasteiger partial charge in [-0.3, -0.25) is 28.8 Å². The Balaban J connectivity index is 1.03. The van der Waals surface area contributed by atoms with Crippen LogP contribution in [0, 0.1) is 29.6 Å². The van der Waals surface area contributed by atoms with Crippen molar-refractivity contribution < 1.29 is 28.8 Å². The van der Waals surface area contributed by atoms with Gasteiger partial charge in [-0.05, 0) is 103 Å². The predicted molar refractivity (Wildman–Crippen MR) is 305 cm³/mol. The van der Waals surface area contributed by atoms with E-state index in [1.807, 2.05) is 120 Å². The molecule has 0 aromatic heterocycles. The number of hydrogen-bond acceptors (Lipinski definition) is 8. The van der Waals surface area contributed by atoms with Gasteiger partial charge in [0, 0.05) is 101 Å². The number of fused-ring (bicyclic) bond motifs is 1. The number of nitrogens with zero attached hydrogens (tertiary/aromatic N) is 4. The molecule has 0 unspecified atom stereocenters. The van der Waals surface area contributed by atoms with Crippen LogP contribution in [0.2, 0.25) is 0 Å². The van der Waals surface area contributed by atoms with Crippen molar-refractivity contribution in [1.82, 2.24) is 35.6 Å². The highest BCUT2D eigenvalue weighted by atomic mass is 16.2. The molecule has 8 rings (SSSR count). The first-order valence-electron chi connectivity index (χ1n) is 29.4. The van der Waals surface area contributed by atoms with Gasteiger partial charge in [0.15, 0.2) is 0 Å². The number of carbonyl (C=O) groups is 6. The number of rotatable bonds is 22. The second-order valence-corrected chi connectivity index (χ2v) is 23.1. The van der Waals surface area contributed by atoms with Crippen molar-refractivity contribution in [2.45, 2.75) is 136 Å². The maximum absolute atomic E-state index is 15.0. The largest absolute Gasteiger partial charge is 0.344 e. The normalized spacial score (nSPS) is 19.8. The third-order valence-corrected chi connectivity index (χ3v) is 17.4. The third-order valence-electron chi connectivity index (χ3n) is 17.4. The summed E-state index contributed by atoms with van der Waals surface area (Å²) < 4.78 is 0. The second kappa shape index (κ2) is 28.1. The number of carbonyl (C=O) groups excluding carboxylic acids is 6. The zero-order valence-electron chi connectivity index (χ0n) is 46.6. The molecule has 0 radical (unpaired) electrons. The lowest BCUT2D eigenvalue weighted by atomic mass is 9.76. The van der Waals surface area contributed by atoms with Gasteiger partial charge in [-0.1, -0.05) is 139 Å². The van der Waals surface area contributed by atoms with Crippen molar-refractivity contribution in [2.24, 2.45) is 29.6 Å². The highest BCUT2D eigenvalue weighted by Gasteiger charge is 2.41. The number of Topliss-reactive ketones (excluding diaryl/α,β-unsaturated/α-hetero) is 1. The molecule has 5 atom stereocenters. The monoisotopic (exact) mass is 1050 g/mol. The van der Waals surface area contributed by atoms with Gasteiger partial charge in [-0.15, -0.1) is 0 Å². The van der Waals surface area contributed by atoms with Crippen LogP contribution >= 0.6 is 0 Å². The lowest BCUT2D eigenvalue weighted by Gasteiger charge is -2.42. The van der Waals surface area contributed by atoms with Gasteiger partial charge in [0.1, 0.15) is 11.8 Å². The molecule has 4 aromatic carbocycles. The van der Waals surface area contributed by atoms with Crippen LogP contribution in [0.15, 0.2) is 97.1 Å². The Kier molecular flexibility index (Phi) is 20.9. The number of benzene rings is 4. The van der Waals surface area contributed by atoms with Crippen LogP contribution in [0.1, 0.15) is 137 Å². The van der Waals surface area contributed by atoms with E-state index in [1.165, 1.54) is 0 Å². The van der Waals surface area contributed by atoms with Crippen LogP contribution in [0.5, 0.6) is 0 Å². The summed E-state index contributed by atoms with van der Waals surface area (Å²) in [5.41, 5.74) is 3.28. The van der Waals surface area contributed by atoms with E-state index in [4.69, 9.17) is 0 Å².